The van der Waals surface area contributed by atoms with Gasteiger partial charge in [-0.1, -0.05) is 46.4 Å². The van der Waals surface area contributed by atoms with Crippen molar-refractivity contribution in [1.82, 2.24) is 0 Å². The maximum Gasteiger partial charge on any atom is 0.149 e. The third-order valence-corrected chi connectivity index (χ3v) is 3.96. The van der Waals surface area contributed by atoms with E-state index < -0.39 is 6.04 Å². The van der Waals surface area contributed by atoms with Crippen molar-refractivity contribution in [2.45, 2.75) is 6.04 Å². The van der Waals surface area contributed by atoms with Crippen LogP contribution in [0.2, 0.25) is 20.1 Å². The van der Waals surface area contributed by atoms with Gasteiger partial charge in [0.05, 0.1) is 20.1 Å². The van der Waals surface area contributed by atoms with Crippen molar-refractivity contribution in [3.05, 3.63) is 31.2 Å². The number of aliphatic imine (C=N–C) groups is 1. The molecule has 1 aromatic rings. The molecular weight excluding hydrogens is 280 g/mol. The molecule has 0 saturated heterocycles. The van der Waals surface area contributed by atoms with E-state index in [0.29, 0.717) is 17.4 Å². The zero-order chi connectivity index (χ0) is 11.2. The van der Waals surface area contributed by atoms with E-state index in [1.807, 2.05) is 0 Å². The van der Waals surface area contributed by atoms with Crippen LogP contribution in [0.3, 0.4) is 0 Å². The molecule has 78 valence electrons. The van der Waals surface area contributed by atoms with Crippen LogP contribution in [-0.2, 0) is 4.79 Å². The molecule has 0 aromatic heterocycles. The average Bonchev–Trinajstić information content (AvgIpc) is 2.67. The van der Waals surface area contributed by atoms with Gasteiger partial charge in [-0.05, 0) is 0 Å². The van der Waals surface area contributed by atoms with E-state index in [1.54, 1.807) is 0 Å². The number of carbonyl (C=O) groups is 1. The largest absolute Gasteiger partial charge is 0.301 e. The lowest BCUT2D eigenvalue weighted by molar-refractivity contribution is -0.108. The zero-order valence-electron chi connectivity index (χ0n) is 7.10. The Hall–Kier alpha value is -0.280. The Kier molecular flexibility index (Phi) is 2.95. The summed E-state index contributed by atoms with van der Waals surface area (Å²) in [5, 5.41) is 0.837. The van der Waals surface area contributed by atoms with Gasteiger partial charge in [-0.2, -0.15) is 0 Å². The topological polar surface area (TPSA) is 29.4 Å². The minimum Gasteiger partial charge on any atom is -0.301 e. The van der Waals surface area contributed by atoms with E-state index in [9.17, 15) is 4.79 Å². The summed E-state index contributed by atoms with van der Waals surface area (Å²) in [5.41, 5.74) is 1.08. The van der Waals surface area contributed by atoms with Crippen LogP contribution < -0.4 is 0 Å². The minimum absolute atomic E-state index is 0.152. The van der Waals surface area contributed by atoms with Gasteiger partial charge < -0.3 is 4.79 Å². The summed E-state index contributed by atoms with van der Waals surface area (Å²) in [6.07, 6.45) is 2.15. The molecule has 1 heterocycles. The molecule has 1 aliphatic rings. The molecule has 2 nitrogen and oxygen atoms in total. The molecule has 1 aromatic carbocycles. The molecule has 0 bridgehead atoms. The van der Waals surface area contributed by atoms with Gasteiger partial charge in [0.1, 0.15) is 12.3 Å². The molecule has 0 spiro atoms. The number of benzene rings is 1. The summed E-state index contributed by atoms with van der Waals surface area (Å²) in [6, 6.07) is -0.639. The van der Waals surface area contributed by atoms with E-state index in [1.165, 1.54) is 6.21 Å². The fourth-order valence-electron chi connectivity index (χ4n) is 1.41. The van der Waals surface area contributed by atoms with Crippen molar-refractivity contribution in [2.75, 3.05) is 0 Å². The monoisotopic (exact) mass is 281 g/mol. The van der Waals surface area contributed by atoms with Gasteiger partial charge in [0.15, 0.2) is 0 Å². The zero-order valence-corrected chi connectivity index (χ0v) is 10.1. The Morgan fingerprint density at radius 2 is 1.67 bits per heavy atom. The lowest BCUT2D eigenvalue weighted by Crippen LogP contribution is -1.97. The van der Waals surface area contributed by atoms with Gasteiger partial charge in [-0.15, -0.1) is 0 Å². The number of carbonyl (C=O) groups excluding carboxylic acids is 1. The maximum atomic E-state index is 10.7. The van der Waals surface area contributed by atoms with Crippen LogP contribution in [0.1, 0.15) is 17.2 Å². The van der Waals surface area contributed by atoms with Crippen molar-refractivity contribution in [1.29, 1.82) is 0 Å². The Morgan fingerprint density at radius 1 is 1.07 bits per heavy atom. The minimum atomic E-state index is -0.639. The average molecular weight is 283 g/mol. The standard InChI is InChI=1S/C9H3Cl4NO/c10-6-3-1-14-4(2-15)5(3)7(11)9(13)8(6)12/h1-2,4H. The second-order valence-electron chi connectivity index (χ2n) is 2.94. The van der Waals surface area contributed by atoms with Crippen molar-refractivity contribution >= 4 is 58.9 Å². The summed E-state index contributed by atoms with van der Waals surface area (Å²) >= 11 is 23.7. The summed E-state index contributed by atoms with van der Waals surface area (Å²) < 4.78 is 0. The van der Waals surface area contributed by atoms with Crippen molar-refractivity contribution in [2.24, 2.45) is 4.99 Å². The fraction of sp³-hybridized carbons (Fsp3) is 0.111. The number of nitrogens with zero attached hydrogens (tertiary/aromatic N) is 1. The van der Waals surface area contributed by atoms with Crippen LogP contribution in [0.5, 0.6) is 0 Å². The van der Waals surface area contributed by atoms with Gasteiger partial charge in [0.2, 0.25) is 0 Å². The Morgan fingerprint density at radius 3 is 2.27 bits per heavy atom. The smallest absolute Gasteiger partial charge is 0.149 e. The van der Waals surface area contributed by atoms with E-state index in [2.05, 4.69) is 4.99 Å². The van der Waals surface area contributed by atoms with E-state index >= 15 is 0 Å². The summed E-state index contributed by atoms with van der Waals surface area (Å²) in [7, 11) is 0. The highest BCUT2D eigenvalue weighted by molar-refractivity contribution is 6.53. The first-order chi connectivity index (χ1) is 7.07. The van der Waals surface area contributed by atoms with E-state index in [0.717, 1.165) is 0 Å². The second-order valence-corrected chi connectivity index (χ2v) is 4.45. The van der Waals surface area contributed by atoms with E-state index in [-0.39, 0.29) is 20.1 Å². The first-order valence-corrected chi connectivity index (χ1v) is 5.43. The SMILES string of the molecule is O=CC1N=Cc2c(Cl)c(Cl)c(Cl)c(Cl)c21. The number of hydrogen-bond acceptors (Lipinski definition) is 2. The van der Waals surface area contributed by atoms with Crippen LogP contribution in [0.4, 0.5) is 0 Å². The summed E-state index contributed by atoms with van der Waals surface area (Å²) in [6.45, 7) is 0. The molecule has 1 aliphatic heterocycles. The molecule has 0 amide bonds. The normalized spacial score (nSPS) is 18.0. The molecule has 1 atom stereocenters. The predicted octanol–water partition coefficient (Wildman–Crippen LogP) is 3.97. The molecule has 1 unspecified atom stereocenters. The van der Waals surface area contributed by atoms with Gasteiger partial charge in [-0.25, -0.2) is 0 Å². The number of aldehydes is 1. The molecule has 0 aliphatic carbocycles. The summed E-state index contributed by atoms with van der Waals surface area (Å²) in [5.74, 6) is 0. The highest BCUT2D eigenvalue weighted by Crippen LogP contribution is 2.45. The number of halogens is 4. The van der Waals surface area contributed by atoms with Gasteiger partial charge >= 0.3 is 0 Å². The first kappa shape index (κ1) is 11.2. The third-order valence-electron chi connectivity index (χ3n) is 2.13. The van der Waals surface area contributed by atoms with Crippen molar-refractivity contribution in [3.63, 3.8) is 0 Å². The van der Waals surface area contributed by atoms with Gasteiger partial charge in [0.25, 0.3) is 0 Å². The van der Waals surface area contributed by atoms with E-state index in [4.69, 9.17) is 46.4 Å². The fourth-order valence-corrected chi connectivity index (χ4v) is 2.46. The molecule has 0 fully saturated rings. The molecule has 0 N–H and O–H groups in total. The van der Waals surface area contributed by atoms with Crippen molar-refractivity contribution in [3.8, 4) is 0 Å². The molecule has 0 saturated carbocycles. The van der Waals surface area contributed by atoms with Crippen LogP contribution in [-0.4, -0.2) is 12.5 Å². The lowest BCUT2D eigenvalue weighted by Gasteiger charge is -2.10. The van der Waals surface area contributed by atoms with Crippen LogP contribution >= 0.6 is 46.4 Å². The molecular formula is C9H3Cl4NO. The van der Waals surface area contributed by atoms with Crippen LogP contribution in [0.25, 0.3) is 0 Å². The molecule has 6 heteroatoms. The molecule has 2 rings (SSSR count). The maximum absolute atomic E-state index is 10.7. The number of rotatable bonds is 1. The first-order valence-electron chi connectivity index (χ1n) is 3.92. The highest BCUT2D eigenvalue weighted by atomic mass is 35.5. The Labute approximate surface area is 106 Å². The highest BCUT2D eigenvalue weighted by Gasteiger charge is 2.27. The molecule has 15 heavy (non-hydrogen) atoms. The third kappa shape index (κ3) is 1.56. The Bertz CT molecular complexity index is 484. The second kappa shape index (κ2) is 3.95. The molecule has 0 radical (unpaired) electrons. The van der Waals surface area contributed by atoms with Gasteiger partial charge in [-0.3, -0.25) is 4.99 Å². The van der Waals surface area contributed by atoms with Crippen molar-refractivity contribution < 1.29 is 4.79 Å². The van der Waals surface area contributed by atoms with Gasteiger partial charge in [0, 0.05) is 17.3 Å². The predicted molar refractivity (Wildman–Crippen MR) is 62.9 cm³/mol. The number of fused-ring (bicyclic) bond motifs is 1. The Balaban J connectivity index is 2.79. The number of hydrogen-bond donors (Lipinski definition) is 0. The van der Waals surface area contributed by atoms with Crippen LogP contribution in [0.15, 0.2) is 4.99 Å². The van der Waals surface area contributed by atoms with Crippen LogP contribution in [0, 0.1) is 0 Å². The quantitative estimate of drug-likeness (QED) is 0.435. The summed E-state index contributed by atoms with van der Waals surface area (Å²) in [4.78, 5) is 14.7. The lowest BCUT2D eigenvalue weighted by atomic mass is 10.1.